The Morgan fingerprint density at radius 3 is 3.00 bits per heavy atom. The van der Waals surface area contributed by atoms with Crippen LogP contribution < -0.4 is 5.32 Å². The van der Waals surface area contributed by atoms with Gasteiger partial charge in [0.15, 0.2) is 0 Å². The molecule has 0 radical (unpaired) electrons. The molecule has 1 aromatic carbocycles. The maximum Gasteiger partial charge on any atom is 0.141 e. The second kappa shape index (κ2) is 5.98. The summed E-state index contributed by atoms with van der Waals surface area (Å²) in [6, 6.07) is 4.77. The molecular formula is C13H15ClFN3. The summed E-state index contributed by atoms with van der Waals surface area (Å²) in [6.45, 7) is 4.31. The first kappa shape index (κ1) is 13.1. The Morgan fingerprint density at radius 1 is 1.44 bits per heavy atom. The van der Waals surface area contributed by atoms with Crippen molar-refractivity contribution >= 4 is 11.6 Å². The molecule has 2 rings (SSSR count). The van der Waals surface area contributed by atoms with Gasteiger partial charge < -0.3 is 9.88 Å². The Bertz CT molecular complexity index is 525. The standard InChI is InChI=1S/C13H15ClFN3/c1-2-16-8-13-17-5-6-18(13)9-10-3-4-12(15)11(14)7-10/h3-7,16H,2,8-9H2,1H3. The van der Waals surface area contributed by atoms with Crippen LogP contribution in [-0.4, -0.2) is 16.1 Å². The number of nitrogens with one attached hydrogen (secondary N) is 1. The third kappa shape index (κ3) is 3.09. The van der Waals surface area contributed by atoms with E-state index in [0.29, 0.717) is 6.54 Å². The number of rotatable bonds is 5. The highest BCUT2D eigenvalue weighted by molar-refractivity contribution is 6.30. The van der Waals surface area contributed by atoms with Crippen molar-refractivity contribution in [1.82, 2.24) is 14.9 Å². The number of nitrogens with zero attached hydrogens (tertiary/aromatic N) is 2. The first-order valence-corrected chi connectivity index (χ1v) is 6.23. The van der Waals surface area contributed by atoms with Crippen LogP contribution in [-0.2, 0) is 13.1 Å². The maximum atomic E-state index is 13.1. The highest BCUT2D eigenvalue weighted by atomic mass is 35.5. The molecule has 5 heteroatoms. The monoisotopic (exact) mass is 267 g/mol. The van der Waals surface area contributed by atoms with Gasteiger partial charge in [-0.25, -0.2) is 9.37 Å². The zero-order valence-electron chi connectivity index (χ0n) is 10.2. The van der Waals surface area contributed by atoms with Crippen molar-refractivity contribution in [3.05, 3.63) is 52.8 Å². The average molecular weight is 268 g/mol. The average Bonchev–Trinajstić information content (AvgIpc) is 2.79. The van der Waals surface area contributed by atoms with Crippen LogP contribution in [0.2, 0.25) is 5.02 Å². The number of halogens is 2. The molecular weight excluding hydrogens is 253 g/mol. The molecule has 0 saturated heterocycles. The van der Waals surface area contributed by atoms with Crippen LogP contribution in [0.1, 0.15) is 18.3 Å². The van der Waals surface area contributed by atoms with Crippen molar-refractivity contribution in [3.63, 3.8) is 0 Å². The van der Waals surface area contributed by atoms with Gasteiger partial charge in [0.25, 0.3) is 0 Å². The van der Waals surface area contributed by atoms with E-state index in [2.05, 4.69) is 10.3 Å². The predicted molar refractivity (Wildman–Crippen MR) is 70.1 cm³/mol. The van der Waals surface area contributed by atoms with Crippen molar-refractivity contribution in [2.45, 2.75) is 20.0 Å². The number of aromatic nitrogens is 2. The van der Waals surface area contributed by atoms with E-state index in [1.165, 1.54) is 6.07 Å². The van der Waals surface area contributed by atoms with Gasteiger partial charge in [0.05, 0.1) is 11.6 Å². The Hall–Kier alpha value is -1.39. The number of benzene rings is 1. The molecule has 0 spiro atoms. The van der Waals surface area contributed by atoms with Crippen LogP contribution in [0.5, 0.6) is 0 Å². The Labute approximate surface area is 111 Å². The van der Waals surface area contributed by atoms with Crippen LogP contribution in [0, 0.1) is 5.82 Å². The van der Waals surface area contributed by atoms with E-state index in [-0.39, 0.29) is 10.8 Å². The fourth-order valence-electron chi connectivity index (χ4n) is 1.72. The lowest BCUT2D eigenvalue weighted by Gasteiger charge is -2.08. The summed E-state index contributed by atoms with van der Waals surface area (Å²) in [5.41, 5.74) is 0.956. The van der Waals surface area contributed by atoms with Crippen molar-refractivity contribution in [2.75, 3.05) is 6.54 Å². The third-order valence-electron chi connectivity index (χ3n) is 2.67. The van der Waals surface area contributed by atoms with Gasteiger partial charge in [-0.05, 0) is 24.2 Å². The quantitative estimate of drug-likeness (QED) is 0.903. The largest absolute Gasteiger partial charge is 0.329 e. The minimum Gasteiger partial charge on any atom is -0.329 e. The first-order chi connectivity index (χ1) is 8.70. The van der Waals surface area contributed by atoms with Gasteiger partial charge >= 0.3 is 0 Å². The molecule has 0 aliphatic heterocycles. The van der Waals surface area contributed by atoms with Crippen LogP contribution in [0.15, 0.2) is 30.6 Å². The molecule has 0 fully saturated rings. The molecule has 0 atom stereocenters. The smallest absolute Gasteiger partial charge is 0.141 e. The molecule has 96 valence electrons. The minimum absolute atomic E-state index is 0.154. The van der Waals surface area contributed by atoms with E-state index < -0.39 is 0 Å². The van der Waals surface area contributed by atoms with Gasteiger partial charge in [-0.1, -0.05) is 24.6 Å². The van der Waals surface area contributed by atoms with Crippen molar-refractivity contribution in [1.29, 1.82) is 0 Å². The van der Waals surface area contributed by atoms with Gasteiger partial charge in [-0.2, -0.15) is 0 Å². The van der Waals surface area contributed by atoms with E-state index in [0.717, 1.165) is 24.5 Å². The molecule has 1 heterocycles. The highest BCUT2D eigenvalue weighted by Crippen LogP contribution is 2.17. The molecule has 0 amide bonds. The maximum absolute atomic E-state index is 13.1. The number of hydrogen-bond acceptors (Lipinski definition) is 2. The molecule has 3 nitrogen and oxygen atoms in total. The third-order valence-corrected chi connectivity index (χ3v) is 2.96. The Balaban J connectivity index is 2.13. The molecule has 0 aliphatic rings. The molecule has 2 aromatic rings. The lowest BCUT2D eigenvalue weighted by molar-refractivity contribution is 0.623. The van der Waals surface area contributed by atoms with Crippen molar-refractivity contribution in [2.24, 2.45) is 0 Å². The topological polar surface area (TPSA) is 29.9 Å². The van der Waals surface area contributed by atoms with Crippen molar-refractivity contribution < 1.29 is 4.39 Å². The lowest BCUT2D eigenvalue weighted by atomic mass is 10.2. The van der Waals surface area contributed by atoms with Gasteiger partial charge in [-0.3, -0.25) is 0 Å². The molecule has 18 heavy (non-hydrogen) atoms. The number of imidazole rings is 1. The SMILES string of the molecule is CCNCc1nccn1Cc1ccc(F)c(Cl)c1. The van der Waals surface area contributed by atoms with Crippen LogP contribution in [0.4, 0.5) is 4.39 Å². The Kier molecular flexibility index (Phi) is 4.33. The van der Waals surface area contributed by atoms with Gasteiger partial charge in [-0.15, -0.1) is 0 Å². The van der Waals surface area contributed by atoms with Gasteiger partial charge in [0.1, 0.15) is 11.6 Å². The fraction of sp³-hybridized carbons (Fsp3) is 0.308. The van der Waals surface area contributed by atoms with E-state index in [1.807, 2.05) is 17.7 Å². The summed E-state index contributed by atoms with van der Waals surface area (Å²) < 4.78 is 15.1. The second-order valence-corrected chi connectivity index (χ2v) is 4.41. The summed E-state index contributed by atoms with van der Waals surface area (Å²) in [7, 11) is 0. The lowest BCUT2D eigenvalue weighted by Crippen LogP contribution is -2.16. The zero-order valence-corrected chi connectivity index (χ0v) is 10.9. The number of hydrogen-bond donors (Lipinski definition) is 1. The summed E-state index contributed by atoms with van der Waals surface area (Å²) in [6.07, 6.45) is 3.67. The normalized spacial score (nSPS) is 10.8. The van der Waals surface area contributed by atoms with E-state index in [9.17, 15) is 4.39 Å². The molecule has 0 bridgehead atoms. The van der Waals surface area contributed by atoms with Gasteiger partial charge in [0.2, 0.25) is 0 Å². The van der Waals surface area contributed by atoms with E-state index >= 15 is 0 Å². The van der Waals surface area contributed by atoms with Crippen LogP contribution in [0.25, 0.3) is 0 Å². The highest BCUT2D eigenvalue weighted by Gasteiger charge is 2.05. The van der Waals surface area contributed by atoms with Gasteiger partial charge in [0, 0.05) is 18.9 Å². The van der Waals surface area contributed by atoms with E-state index in [4.69, 9.17) is 11.6 Å². The summed E-state index contributed by atoms with van der Waals surface area (Å²) in [5.74, 6) is 0.566. The summed E-state index contributed by atoms with van der Waals surface area (Å²) in [5, 5.41) is 3.38. The van der Waals surface area contributed by atoms with Crippen molar-refractivity contribution in [3.8, 4) is 0 Å². The first-order valence-electron chi connectivity index (χ1n) is 5.85. The molecule has 1 N–H and O–H groups in total. The molecule has 0 saturated carbocycles. The minimum atomic E-state index is -0.390. The van der Waals surface area contributed by atoms with Crippen LogP contribution in [0.3, 0.4) is 0 Å². The molecule has 1 aromatic heterocycles. The Morgan fingerprint density at radius 2 is 2.28 bits per heavy atom. The fourth-order valence-corrected chi connectivity index (χ4v) is 1.93. The van der Waals surface area contributed by atoms with E-state index in [1.54, 1.807) is 18.3 Å². The second-order valence-electron chi connectivity index (χ2n) is 4.00. The molecule has 0 unspecified atom stereocenters. The summed E-state index contributed by atoms with van der Waals surface area (Å²) >= 11 is 5.77. The zero-order chi connectivity index (χ0) is 13.0. The molecule has 0 aliphatic carbocycles. The van der Waals surface area contributed by atoms with Crippen LogP contribution >= 0.6 is 11.6 Å². The predicted octanol–water partition coefficient (Wildman–Crippen LogP) is 2.83. The summed E-state index contributed by atoms with van der Waals surface area (Å²) in [4.78, 5) is 4.28.